The van der Waals surface area contributed by atoms with Crippen molar-refractivity contribution >= 4 is 17.4 Å². The summed E-state index contributed by atoms with van der Waals surface area (Å²) in [4.78, 5) is 17.9. The number of amides is 1. The summed E-state index contributed by atoms with van der Waals surface area (Å²) in [6, 6.07) is 3.39. The molecule has 0 aliphatic carbocycles. The van der Waals surface area contributed by atoms with Gasteiger partial charge in [0.25, 0.3) is 0 Å². The predicted molar refractivity (Wildman–Crippen MR) is 82.0 cm³/mol. The quantitative estimate of drug-likeness (QED) is 0.885. The van der Waals surface area contributed by atoms with E-state index >= 15 is 0 Å². The molecule has 1 aromatic rings. The van der Waals surface area contributed by atoms with E-state index in [0.29, 0.717) is 18.8 Å². The zero-order valence-electron chi connectivity index (χ0n) is 13.5. The fraction of sp³-hybridized carbons (Fsp3) is 0.600. The van der Waals surface area contributed by atoms with Crippen LogP contribution in [0, 0.1) is 0 Å². The first-order valence-electron chi connectivity index (χ1n) is 7.54. The van der Waals surface area contributed by atoms with Crippen molar-refractivity contribution < 1.29 is 27.4 Å². The average Bonchev–Trinajstić information content (AvgIpc) is 2.45. The average molecular weight is 347 g/mol. The molecule has 0 spiro atoms. The van der Waals surface area contributed by atoms with E-state index in [1.54, 1.807) is 12.1 Å². The minimum absolute atomic E-state index is 0.0979. The molecular formula is C15H20F3N3O3. The Morgan fingerprint density at radius 3 is 2.58 bits per heavy atom. The summed E-state index contributed by atoms with van der Waals surface area (Å²) in [5.41, 5.74) is 0.397. The first-order valence-corrected chi connectivity index (χ1v) is 7.54. The second-order valence-electron chi connectivity index (χ2n) is 5.72. The molecule has 24 heavy (non-hydrogen) atoms. The lowest BCUT2D eigenvalue weighted by Crippen LogP contribution is -2.45. The minimum Gasteiger partial charge on any atom is -0.372 e. The molecule has 1 aliphatic rings. The van der Waals surface area contributed by atoms with Gasteiger partial charge >= 0.3 is 6.18 Å². The van der Waals surface area contributed by atoms with Gasteiger partial charge in [0.2, 0.25) is 5.91 Å². The van der Waals surface area contributed by atoms with Gasteiger partial charge in [-0.15, -0.1) is 0 Å². The molecule has 0 unspecified atom stereocenters. The number of rotatable bonds is 5. The van der Waals surface area contributed by atoms with Gasteiger partial charge in [-0.05, 0) is 26.0 Å². The zero-order chi connectivity index (χ0) is 17.7. The highest BCUT2D eigenvalue weighted by Crippen LogP contribution is 2.19. The molecule has 6 nitrogen and oxygen atoms in total. The van der Waals surface area contributed by atoms with Gasteiger partial charge in [-0.1, -0.05) is 0 Å². The minimum atomic E-state index is -4.45. The number of aromatic nitrogens is 1. The fourth-order valence-corrected chi connectivity index (χ4v) is 2.47. The van der Waals surface area contributed by atoms with Gasteiger partial charge < -0.3 is 19.7 Å². The Labute approximate surface area is 137 Å². The normalized spacial score (nSPS) is 21.6. The van der Waals surface area contributed by atoms with Crippen molar-refractivity contribution in [3.63, 3.8) is 0 Å². The lowest BCUT2D eigenvalue weighted by molar-refractivity contribution is -0.174. The Balaban J connectivity index is 1.84. The number of hydrogen-bond donors (Lipinski definition) is 1. The van der Waals surface area contributed by atoms with Gasteiger partial charge in [0.15, 0.2) is 0 Å². The molecule has 0 saturated carbocycles. The highest BCUT2D eigenvalue weighted by molar-refractivity contribution is 5.91. The number of nitrogens with zero attached hydrogens (tertiary/aromatic N) is 2. The molecule has 2 heterocycles. The van der Waals surface area contributed by atoms with Gasteiger partial charge in [0, 0.05) is 13.1 Å². The van der Waals surface area contributed by atoms with Crippen LogP contribution in [0.3, 0.4) is 0 Å². The Kier molecular flexibility index (Phi) is 6.00. The molecule has 1 amide bonds. The maximum atomic E-state index is 11.9. The van der Waals surface area contributed by atoms with Crippen LogP contribution in [-0.2, 0) is 14.3 Å². The number of hydrogen-bond acceptors (Lipinski definition) is 5. The number of ether oxygens (including phenoxy) is 2. The largest absolute Gasteiger partial charge is 0.411 e. The van der Waals surface area contributed by atoms with Crippen molar-refractivity contribution in [1.82, 2.24) is 4.98 Å². The molecule has 1 aliphatic heterocycles. The lowest BCUT2D eigenvalue weighted by atomic mass is 10.2. The van der Waals surface area contributed by atoms with Crippen LogP contribution in [0.5, 0.6) is 0 Å². The van der Waals surface area contributed by atoms with E-state index in [2.05, 4.69) is 19.9 Å². The predicted octanol–water partition coefficient (Wildman–Crippen LogP) is 2.21. The van der Waals surface area contributed by atoms with Gasteiger partial charge in [-0.2, -0.15) is 13.2 Å². The number of carbonyl (C=O) groups is 1. The highest BCUT2D eigenvalue weighted by Gasteiger charge is 2.27. The van der Waals surface area contributed by atoms with E-state index < -0.39 is 25.3 Å². The van der Waals surface area contributed by atoms with Crippen molar-refractivity contribution in [3.8, 4) is 0 Å². The van der Waals surface area contributed by atoms with E-state index in [0.717, 1.165) is 5.82 Å². The molecule has 2 atom stereocenters. The monoisotopic (exact) mass is 347 g/mol. The van der Waals surface area contributed by atoms with Crippen LogP contribution in [0.4, 0.5) is 24.7 Å². The molecule has 0 aromatic carbocycles. The summed E-state index contributed by atoms with van der Waals surface area (Å²) >= 11 is 0. The number of carbonyl (C=O) groups excluding carboxylic acids is 1. The van der Waals surface area contributed by atoms with Crippen molar-refractivity contribution in [2.45, 2.75) is 32.2 Å². The Morgan fingerprint density at radius 2 is 2.04 bits per heavy atom. The lowest BCUT2D eigenvalue weighted by Gasteiger charge is -2.36. The molecular weight excluding hydrogens is 327 g/mol. The number of halogens is 3. The summed E-state index contributed by atoms with van der Waals surface area (Å²) in [6.07, 6.45) is -2.79. The highest BCUT2D eigenvalue weighted by atomic mass is 19.4. The molecule has 2 rings (SSSR count). The van der Waals surface area contributed by atoms with E-state index in [9.17, 15) is 18.0 Å². The van der Waals surface area contributed by atoms with Crippen molar-refractivity contribution in [3.05, 3.63) is 18.3 Å². The van der Waals surface area contributed by atoms with Crippen molar-refractivity contribution in [2.75, 3.05) is 36.5 Å². The van der Waals surface area contributed by atoms with Crippen LogP contribution in [-0.4, -0.2) is 55.6 Å². The third-order valence-electron chi connectivity index (χ3n) is 3.27. The third-order valence-corrected chi connectivity index (χ3v) is 3.27. The molecule has 0 radical (unpaired) electrons. The molecule has 1 N–H and O–H groups in total. The number of anilines is 2. The standard InChI is InChI=1S/C15H20F3N3O3/c1-10-6-21(7-11(2)24-10)13-4-3-12(5-19-13)20-14(22)8-23-9-15(16,17)18/h3-5,10-11H,6-9H2,1-2H3,(H,20,22)/t10-,11-/m0/s1. The summed E-state index contributed by atoms with van der Waals surface area (Å²) in [7, 11) is 0. The van der Waals surface area contributed by atoms with Gasteiger partial charge in [-0.25, -0.2) is 4.98 Å². The number of alkyl halides is 3. The summed E-state index contributed by atoms with van der Waals surface area (Å²) in [6.45, 7) is 3.28. The smallest absolute Gasteiger partial charge is 0.372 e. The van der Waals surface area contributed by atoms with E-state index in [1.807, 2.05) is 13.8 Å². The first-order chi connectivity index (χ1) is 11.2. The van der Waals surface area contributed by atoms with Crippen LogP contribution in [0.25, 0.3) is 0 Å². The van der Waals surface area contributed by atoms with E-state index in [-0.39, 0.29) is 12.2 Å². The molecule has 1 fully saturated rings. The van der Waals surface area contributed by atoms with Crippen LogP contribution in [0.1, 0.15) is 13.8 Å². The van der Waals surface area contributed by atoms with E-state index in [1.165, 1.54) is 6.20 Å². The molecule has 9 heteroatoms. The fourth-order valence-electron chi connectivity index (χ4n) is 2.47. The van der Waals surface area contributed by atoms with Crippen molar-refractivity contribution in [2.24, 2.45) is 0 Å². The van der Waals surface area contributed by atoms with Gasteiger partial charge in [0.1, 0.15) is 19.0 Å². The number of pyridine rings is 1. The van der Waals surface area contributed by atoms with Gasteiger partial charge in [-0.3, -0.25) is 4.79 Å². The SMILES string of the molecule is C[C@H]1CN(c2ccc(NC(=O)COCC(F)(F)F)cn2)C[C@H](C)O1. The van der Waals surface area contributed by atoms with Crippen LogP contribution < -0.4 is 10.2 Å². The van der Waals surface area contributed by atoms with E-state index in [4.69, 9.17) is 4.74 Å². The maximum Gasteiger partial charge on any atom is 0.411 e. The second kappa shape index (κ2) is 7.80. The maximum absolute atomic E-state index is 11.9. The molecule has 1 saturated heterocycles. The summed E-state index contributed by atoms with van der Waals surface area (Å²) in [5, 5.41) is 2.44. The topological polar surface area (TPSA) is 63.7 Å². The summed E-state index contributed by atoms with van der Waals surface area (Å²) in [5.74, 6) is 0.0886. The second-order valence-corrected chi connectivity index (χ2v) is 5.72. The molecule has 1 aromatic heterocycles. The van der Waals surface area contributed by atoms with Crippen LogP contribution in [0.15, 0.2) is 18.3 Å². The number of nitrogens with one attached hydrogen (secondary N) is 1. The molecule has 134 valence electrons. The van der Waals surface area contributed by atoms with Gasteiger partial charge in [0.05, 0.1) is 24.1 Å². The Bertz CT molecular complexity index is 541. The first kappa shape index (κ1) is 18.5. The number of morpholine rings is 1. The van der Waals surface area contributed by atoms with Crippen LogP contribution >= 0.6 is 0 Å². The Hall–Kier alpha value is -1.87. The van der Waals surface area contributed by atoms with Crippen LogP contribution in [0.2, 0.25) is 0 Å². The molecule has 0 bridgehead atoms. The summed E-state index contributed by atoms with van der Waals surface area (Å²) < 4.78 is 45.7. The third kappa shape index (κ3) is 5.97. The zero-order valence-corrected chi connectivity index (χ0v) is 13.5. The van der Waals surface area contributed by atoms with Crippen molar-refractivity contribution in [1.29, 1.82) is 0 Å². The Morgan fingerprint density at radius 1 is 1.38 bits per heavy atom.